The van der Waals surface area contributed by atoms with Crippen LogP contribution in [0.4, 0.5) is 0 Å². The first-order valence-corrected chi connectivity index (χ1v) is 5.70. The van der Waals surface area contributed by atoms with Crippen LogP contribution in [-0.4, -0.2) is 29.0 Å². The number of carbonyl (C=O) groups is 1. The van der Waals surface area contributed by atoms with Gasteiger partial charge in [0.05, 0.1) is 6.04 Å². The van der Waals surface area contributed by atoms with E-state index in [9.17, 15) is 4.79 Å². The molecule has 1 aromatic carbocycles. The number of hydrogen-bond acceptors (Lipinski definition) is 1. The second-order valence-electron chi connectivity index (χ2n) is 4.45. The molecule has 0 saturated heterocycles. The molecule has 0 fully saturated rings. The average Bonchev–Trinajstić information content (AvgIpc) is 2.73. The van der Waals surface area contributed by atoms with Gasteiger partial charge in [0, 0.05) is 24.5 Å². The van der Waals surface area contributed by atoms with E-state index in [1.807, 2.05) is 43.5 Å². The Balaban J connectivity index is 2.34. The number of benzene rings is 1. The van der Waals surface area contributed by atoms with Gasteiger partial charge in [-0.05, 0) is 12.1 Å². The molecule has 2 heterocycles. The molecule has 0 saturated carbocycles. The van der Waals surface area contributed by atoms with Crippen LogP contribution in [0.5, 0.6) is 0 Å². The molecule has 0 aliphatic carbocycles. The van der Waals surface area contributed by atoms with Crippen LogP contribution in [0.15, 0.2) is 43.0 Å². The van der Waals surface area contributed by atoms with E-state index in [-0.39, 0.29) is 11.9 Å². The van der Waals surface area contributed by atoms with Gasteiger partial charge in [0.1, 0.15) is 5.69 Å². The van der Waals surface area contributed by atoms with Gasteiger partial charge >= 0.3 is 0 Å². The second-order valence-corrected chi connectivity index (χ2v) is 4.45. The maximum atomic E-state index is 12.1. The normalized spacial score (nSPS) is 19.5. The maximum absolute atomic E-state index is 12.1. The Morgan fingerprint density at radius 3 is 2.94 bits per heavy atom. The Morgan fingerprint density at radius 2 is 2.18 bits per heavy atom. The van der Waals surface area contributed by atoms with Crippen LogP contribution < -0.4 is 0 Å². The van der Waals surface area contributed by atoms with Crippen molar-refractivity contribution < 1.29 is 4.79 Å². The van der Waals surface area contributed by atoms with Crippen LogP contribution in [-0.2, 0) is 0 Å². The largest absolute Gasteiger partial charge is 0.338 e. The quantitative estimate of drug-likeness (QED) is 0.686. The zero-order valence-corrected chi connectivity index (χ0v) is 9.76. The van der Waals surface area contributed by atoms with Crippen LogP contribution in [0, 0.1) is 0 Å². The monoisotopic (exact) mass is 226 g/mol. The minimum atomic E-state index is 0.0827. The lowest BCUT2D eigenvalue weighted by Crippen LogP contribution is -2.39. The molecule has 1 aliphatic rings. The van der Waals surface area contributed by atoms with E-state index in [1.165, 1.54) is 0 Å². The fourth-order valence-electron chi connectivity index (χ4n) is 2.52. The summed E-state index contributed by atoms with van der Waals surface area (Å²) in [7, 11) is 1.83. The molecule has 1 aromatic heterocycles. The number of para-hydroxylation sites is 1. The molecule has 3 nitrogen and oxygen atoms in total. The molecule has 1 atom stereocenters. The summed E-state index contributed by atoms with van der Waals surface area (Å²) in [5.74, 6) is 0.0827. The Labute approximate surface area is 99.9 Å². The summed E-state index contributed by atoms with van der Waals surface area (Å²) in [6.45, 7) is 4.56. The zero-order chi connectivity index (χ0) is 12.0. The summed E-state index contributed by atoms with van der Waals surface area (Å²) >= 11 is 0. The number of likely N-dealkylation sites (N-methyl/N-ethyl adjacent to an activating group) is 1. The number of carbonyl (C=O) groups excluding carboxylic acids is 1. The first kappa shape index (κ1) is 10.1. The minimum Gasteiger partial charge on any atom is -0.338 e. The highest BCUT2D eigenvalue weighted by Gasteiger charge is 2.28. The first-order valence-electron chi connectivity index (χ1n) is 5.70. The molecule has 86 valence electrons. The van der Waals surface area contributed by atoms with E-state index in [4.69, 9.17) is 0 Å². The molecule has 0 N–H and O–H groups in total. The molecule has 0 unspecified atom stereocenters. The summed E-state index contributed by atoms with van der Waals surface area (Å²) in [6, 6.07) is 10.2. The Kier molecular flexibility index (Phi) is 2.08. The number of nitrogens with zero attached hydrogens (tertiary/aromatic N) is 2. The van der Waals surface area contributed by atoms with Crippen LogP contribution in [0.3, 0.4) is 0 Å². The molecular weight excluding hydrogens is 212 g/mol. The highest BCUT2D eigenvalue weighted by Crippen LogP contribution is 2.29. The van der Waals surface area contributed by atoms with E-state index in [2.05, 4.69) is 11.1 Å². The number of rotatable bonds is 1. The fraction of sp³-hybridized carbons (Fsp3) is 0.214. The third-order valence-corrected chi connectivity index (χ3v) is 3.38. The molecule has 1 amide bonds. The Bertz CT molecular complexity index is 612. The SMILES string of the molecule is C=C[C@@H]1CN(C)C(=O)c2cc3ccccc3n21. The van der Waals surface area contributed by atoms with Crippen LogP contribution >= 0.6 is 0 Å². The van der Waals surface area contributed by atoms with E-state index in [0.717, 1.165) is 16.6 Å². The molecule has 0 spiro atoms. The zero-order valence-electron chi connectivity index (χ0n) is 9.76. The summed E-state index contributed by atoms with van der Waals surface area (Å²) < 4.78 is 2.09. The van der Waals surface area contributed by atoms with Crippen LogP contribution in [0.2, 0.25) is 0 Å². The average molecular weight is 226 g/mol. The van der Waals surface area contributed by atoms with Crippen molar-refractivity contribution >= 4 is 16.8 Å². The van der Waals surface area contributed by atoms with Gasteiger partial charge in [-0.15, -0.1) is 6.58 Å². The molecule has 1 aliphatic heterocycles. The predicted octanol–water partition coefficient (Wildman–Crippen LogP) is 2.45. The topological polar surface area (TPSA) is 25.2 Å². The lowest BCUT2D eigenvalue weighted by atomic mass is 10.2. The van der Waals surface area contributed by atoms with Crippen molar-refractivity contribution in [1.82, 2.24) is 9.47 Å². The van der Waals surface area contributed by atoms with Crippen LogP contribution in [0.25, 0.3) is 10.9 Å². The lowest BCUT2D eigenvalue weighted by molar-refractivity contribution is 0.0737. The molecule has 17 heavy (non-hydrogen) atoms. The molecule has 0 bridgehead atoms. The third kappa shape index (κ3) is 1.32. The number of fused-ring (bicyclic) bond motifs is 3. The van der Waals surface area contributed by atoms with Crippen molar-refractivity contribution in [2.75, 3.05) is 13.6 Å². The van der Waals surface area contributed by atoms with E-state index in [1.54, 1.807) is 4.90 Å². The van der Waals surface area contributed by atoms with Gasteiger partial charge in [0.15, 0.2) is 0 Å². The molecule has 0 radical (unpaired) electrons. The highest BCUT2D eigenvalue weighted by molar-refractivity contribution is 5.99. The van der Waals surface area contributed by atoms with Crippen molar-refractivity contribution in [2.45, 2.75) is 6.04 Å². The van der Waals surface area contributed by atoms with Gasteiger partial charge in [0.25, 0.3) is 5.91 Å². The number of aromatic nitrogens is 1. The van der Waals surface area contributed by atoms with Gasteiger partial charge in [-0.2, -0.15) is 0 Å². The van der Waals surface area contributed by atoms with Gasteiger partial charge in [-0.1, -0.05) is 24.3 Å². The molecule has 3 heteroatoms. The van der Waals surface area contributed by atoms with Gasteiger partial charge in [0.2, 0.25) is 0 Å². The second kappa shape index (κ2) is 3.48. The smallest absolute Gasteiger partial charge is 0.270 e. The Morgan fingerprint density at radius 1 is 1.41 bits per heavy atom. The number of hydrogen-bond donors (Lipinski definition) is 0. The summed E-state index contributed by atoms with van der Waals surface area (Å²) in [4.78, 5) is 13.9. The molecule has 3 rings (SSSR count). The van der Waals surface area contributed by atoms with Crippen molar-refractivity contribution in [3.63, 3.8) is 0 Å². The Hall–Kier alpha value is -2.03. The molecular formula is C14H14N2O. The summed E-state index contributed by atoms with van der Waals surface area (Å²) in [5, 5.41) is 1.11. The standard InChI is InChI=1S/C14H14N2O/c1-3-11-9-15(2)14(17)13-8-10-6-4-5-7-12(10)16(11)13/h3-8,11H,1,9H2,2H3/t11-/m1/s1. The van der Waals surface area contributed by atoms with Gasteiger partial charge < -0.3 is 9.47 Å². The molecule has 2 aromatic rings. The maximum Gasteiger partial charge on any atom is 0.270 e. The fourth-order valence-corrected chi connectivity index (χ4v) is 2.52. The van der Waals surface area contributed by atoms with E-state index >= 15 is 0 Å². The summed E-state index contributed by atoms with van der Waals surface area (Å²) in [5.41, 5.74) is 1.86. The summed E-state index contributed by atoms with van der Waals surface area (Å²) in [6.07, 6.45) is 1.90. The van der Waals surface area contributed by atoms with Crippen LogP contribution in [0.1, 0.15) is 16.5 Å². The van der Waals surface area contributed by atoms with Crippen molar-refractivity contribution in [3.05, 3.63) is 48.7 Å². The predicted molar refractivity (Wildman–Crippen MR) is 68.1 cm³/mol. The lowest BCUT2D eigenvalue weighted by Gasteiger charge is -2.31. The third-order valence-electron chi connectivity index (χ3n) is 3.38. The first-order chi connectivity index (χ1) is 8.22. The van der Waals surface area contributed by atoms with Crippen molar-refractivity contribution in [2.24, 2.45) is 0 Å². The minimum absolute atomic E-state index is 0.0827. The van der Waals surface area contributed by atoms with E-state index in [0.29, 0.717) is 6.54 Å². The van der Waals surface area contributed by atoms with Gasteiger partial charge in [-0.25, -0.2) is 0 Å². The van der Waals surface area contributed by atoms with E-state index < -0.39 is 0 Å². The highest BCUT2D eigenvalue weighted by atomic mass is 16.2. The van der Waals surface area contributed by atoms with Crippen molar-refractivity contribution in [3.8, 4) is 0 Å². The van der Waals surface area contributed by atoms with Gasteiger partial charge in [-0.3, -0.25) is 4.79 Å². The number of amides is 1. The van der Waals surface area contributed by atoms with Crippen molar-refractivity contribution in [1.29, 1.82) is 0 Å².